The molecule has 11 nitrogen and oxygen atoms in total. The predicted molar refractivity (Wildman–Crippen MR) is 161 cm³/mol. The zero-order valence-electron chi connectivity index (χ0n) is 23.0. The van der Waals surface area contributed by atoms with E-state index in [2.05, 4.69) is 9.97 Å². The average Bonchev–Trinajstić information content (AvgIpc) is 3.76. The van der Waals surface area contributed by atoms with Gasteiger partial charge in [0.05, 0.1) is 0 Å². The van der Waals surface area contributed by atoms with Crippen molar-refractivity contribution in [3.05, 3.63) is 97.1 Å². The fraction of sp³-hybridized carbons (Fsp3) is 0. The molecule has 1 radical (unpaired) electrons. The van der Waals surface area contributed by atoms with Gasteiger partial charge in [-0.05, 0) is 6.16 Å². The van der Waals surface area contributed by atoms with Crippen molar-refractivity contribution in [2.24, 2.45) is 0 Å². The van der Waals surface area contributed by atoms with Gasteiger partial charge in [-0.3, -0.25) is 0 Å². The standard InChI is InChI=1S/C32H18N8.CH2O3.Co/c1-2-10-18-17(9-1)25-33-26(18)38-28-21-13-5-6-14-22(21)30(35-28)40-32-24-16-8-7-15-23(24)31(36-32)39-29-20-12-4-3-11-19(20)27(34-29)37-25;2-1(3)4;/h1-16H,(H2,33,34,35,36,37,38,39,40);(H2,2,3,4);/q;;+2/p-2. The molecule has 0 fully saturated rings. The van der Waals surface area contributed by atoms with Gasteiger partial charge < -0.3 is 25.0 Å². The molecule has 2 aliphatic heterocycles. The smallest absolute Gasteiger partial charge is 0.652 e. The molecule has 0 saturated heterocycles. The summed E-state index contributed by atoms with van der Waals surface area (Å²) in [4.78, 5) is 45.1. The zero-order valence-corrected chi connectivity index (χ0v) is 24.0. The van der Waals surface area contributed by atoms with E-state index in [1.807, 2.05) is 97.1 Å². The Hall–Kier alpha value is -5.98. The Kier molecular flexibility index (Phi) is 6.76. The molecule has 9 rings (SSSR count). The van der Waals surface area contributed by atoms with Crippen molar-refractivity contribution < 1.29 is 31.8 Å². The quantitative estimate of drug-likeness (QED) is 0.245. The molecular weight excluding hydrogens is 615 g/mol. The molecule has 0 atom stereocenters. The molecule has 8 bridgehead atoms. The maximum absolute atomic E-state index is 8.33. The molecule has 0 amide bonds. The van der Waals surface area contributed by atoms with Crippen molar-refractivity contribution in [2.75, 3.05) is 0 Å². The summed E-state index contributed by atoms with van der Waals surface area (Å²) >= 11 is 0. The van der Waals surface area contributed by atoms with Gasteiger partial charge in [-0.15, -0.1) is 0 Å². The molecule has 3 aromatic heterocycles. The first-order valence-corrected chi connectivity index (χ1v) is 13.6. The van der Waals surface area contributed by atoms with Crippen LogP contribution < -0.4 is 10.2 Å². The Balaban J connectivity index is 0.000000617. The second-order valence-corrected chi connectivity index (χ2v) is 10.0. The summed E-state index contributed by atoms with van der Waals surface area (Å²) in [6.45, 7) is 0. The van der Waals surface area contributed by atoms with Gasteiger partial charge in [0.1, 0.15) is 22.6 Å². The van der Waals surface area contributed by atoms with E-state index >= 15 is 0 Å². The van der Waals surface area contributed by atoms with Crippen molar-refractivity contribution >= 4 is 50.3 Å². The van der Waals surface area contributed by atoms with E-state index < -0.39 is 6.16 Å². The summed E-state index contributed by atoms with van der Waals surface area (Å²) in [5, 5.41) is 20.5. The van der Waals surface area contributed by atoms with Crippen molar-refractivity contribution in [3.8, 4) is 45.6 Å². The molecule has 4 aromatic carbocycles. The number of carbonyl (C=O) groups is 1. The van der Waals surface area contributed by atoms with Crippen molar-refractivity contribution in [3.63, 3.8) is 0 Å². The topological polar surface area (TPSA) is 172 Å². The molecule has 0 unspecified atom stereocenters. The summed E-state index contributed by atoms with van der Waals surface area (Å²) in [6.07, 6.45) is -2.33. The number of H-pyrrole nitrogens is 2. The van der Waals surface area contributed by atoms with E-state index in [1.54, 1.807) is 0 Å². The maximum atomic E-state index is 8.33. The van der Waals surface area contributed by atoms with Crippen molar-refractivity contribution in [1.82, 2.24) is 39.9 Å². The molecule has 0 aliphatic carbocycles. The Morgan fingerprint density at radius 3 is 0.889 bits per heavy atom. The summed E-state index contributed by atoms with van der Waals surface area (Å²) in [5.74, 6) is 2.39. The largest absolute Gasteiger partial charge is 2.00 e. The molecule has 0 saturated carbocycles. The molecule has 2 aliphatic rings. The van der Waals surface area contributed by atoms with Crippen molar-refractivity contribution in [1.29, 1.82) is 0 Å². The van der Waals surface area contributed by atoms with E-state index in [9.17, 15) is 0 Å². The van der Waals surface area contributed by atoms with Gasteiger partial charge in [-0.1, -0.05) is 97.1 Å². The van der Waals surface area contributed by atoms with Crippen LogP contribution in [0.25, 0.3) is 89.7 Å². The Bertz CT molecular complexity index is 2150. The molecule has 45 heavy (non-hydrogen) atoms. The zero-order chi connectivity index (χ0) is 29.8. The molecule has 217 valence electrons. The van der Waals surface area contributed by atoms with Crippen LogP contribution in [0.15, 0.2) is 97.1 Å². The van der Waals surface area contributed by atoms with E-state index in [1.165, 1.54) is 0 Å². The maximum Gasteiger partial charge on any atom is 2.00 e. The number of benzene rings is 4. The van der Waals surface area contributed by atoms with Gasteiger partial charge in [0, 0.05) is 43.8 Å². The Morgan fingerprint density at radius 1 is 0.422 bits per heavy atom. The van der Waals surface area contributed by atoms with Gasteiger partial charge in [-0.2, -0.15) is 0 Å². The molecule has 7 aromatic rings. The van der Waals surface area contributed by atoms with Gasteiger partial charge in [-0.25, -0.2) is 29.9 Å². The second kappa shape index (κ2) is 10.9. The van der Waals surface area contributed by atoms with E-state index in [-0.39, 0.29) is 16.8 Å². The van der Waals surface area contributed by atoms with Gasteiger partial charge in [0.25, 0.3) is 0 Å². The number of fused-ring (bicyclic) bond motifs is 20. The number of aromatic nitrogens is 8. The number of nitrogens with zero attached hydrogens (tertiary/aromatic N) is 6. The predicted octanol–water partition coefficient (Wildman–Crippen LogP) is 4.42. The SMILES string of the molecule is O=C([O-])[O-].[Co+2].c1ccc2c(c1)-c1nc-2nc2[nH]c(nc3nc(nc4[nH]c(n1)c1ccccc41)-c1ccccc1-3)c1ccccc21. The fourth-order valence-corrected chi connectivity index (χ4v) is 5.59. The van der Waals surface area contributed by atoms with E-state index in [0.29, 0.717) is 45.9 Å². The molecular formula is C33H18CoN8O3. The minimum absolute atomic E-state index is 0. The monoisotopic (exact) mass is 633 g/mol. The fourth-order valence-electron chi connectivity index (χ4n) is 5.59. The Morgan fingerprint density at radius 2 is 0.644 bits per heavy atom. The first-order valence-electron chi connectivity index (χ1n) is 13.6. The van der Waals surface area contributed by atoms with Crippen LogP contribution in [0.1, 0.15) is 0 Å². The first kappa shape index (κ1) is 27.8. The molecule has 2 N–H and O–H groups in total. The first-order chi connectivity index (χ1) is 21.5. The van der Waals surface area contributed by atoms with Gasteiger partial charge >= 0.3 is 16.8 Å². The third-order valence-corrected chi connectivity index (χ3v) is 7.46. The van der Waals surface area contributed by atoms with Crippen LogP contribution in [-0.2, 0) is 16.8 Å². The normalized spacial score (nSPS) is 11.2. The van der Waals surface area contributed by atoms with Crippen LogP contribution in [-0.4, -0.2) is 46.0 Å². The summed E-state index contributed by atoms with van der Waals surface area (Å²) in [6, 6.07) is 32.2. The number of nitrogens with one attached hydrogen (secondary N) is 2. The number of carbonyl (C=O) groups excluding carboxylic acids is 1. The van der Waals surface area contributed by atoms with Crippen LogP contribution >= 0.6 is 0 Å². The molecule has 5 heterocycles. The minimum atomic E-state index is -2.33. The number of aromatic amines is 2. The third-order valence-electron chi connectivity index (χ3n) is 7.46. The van der Waals surface area contributed by atoms with Gasteiger partial charge in [0.2, 0.25) is 0 Å². The summed E-state index contributed by atoms with van der Waals surface area (Å²) in [5.41, 5.74) is 6.45. The molecule has 0 spiro atoms. The van der Waals surface area contributed by atoms with Crippen LogP contribution in [0.2, 0.25) is 0 Å². The van der Waals surface area contributed by atoms with Crippen LogP contribution in [0.5, 0.6) is 0 Å². The number of hydrogen-bond acceptors (Lipinski definition) is 9. The summed E-state index contributed by atoms with van der Waals surface area (Å²) in [7, 11) is 0. The van der Waals surface area contributed by atoms with E-state index in [4.69, 9.17) is 44.9 Å². The number of hydrogen-bond donors (Lipinski definition) is 2. The molecule has 12 heteroatoms. The minimum Gasteiger partial charge on any atom is -0.652 e. The Labute approximate surface area is 264 Å². The van der Waals surface area contributed by atoms with Gasteiger partial charge in [0.15, 0.2) is 23.3 Å². The van der Waals surface area contributed by atoms with E-state index in [0.717, 1.165) is 43.8 Å². The van der Waals surface area contributed by atoms with Crippen LogP contribution in [0.3, 0.4) is 0 Å². The van der Waals surface area contributed by atoms with Crippen LogP contribution in [0.4, 0.5) is 4.79 Å². The third kappa shape index (κ3) is 4.74. The second-order valence-electron chi connectivity index (χ2n) is 10.0. The number of rotatable bonds is 0. The van der Waals surface area contributed by atoms with Crippen molar-refractivity contribution in [2.45, 2.75) is 0 Å². The van der Waals surface area contributed by atoms with Crippen LogP contribution in [0, 0.1) is 0 Å². The summed E-state index contributed by atoms with van der Waals surface area (Å²) < 4.78 is 0. The average molecular weight is 633 g/mol. The number of carboxylic acid groups (broad SMARTS) is 2.